The van der Waals surface area contributed by atoms with E-state index in [1.54, 1.807) is 30.3 Å². The van der Waals surface area contributed by atoms with Crippen molar-refractivity contribution in [3.63, 3.8) is 0 Å². The van der Waals surface area contributed by atoms with E-state index in [4.69, 9.17) is 4.74 Å². The third-order valence-electron chi connectivity index (χ3n) is 6.69. The number of hydrogen-bond donors (Lipinski definition) is 1. The maximum atomic E-state index is 13.3. The molecule has 0 unspecified atom stereocenters. The van der Waals surface area contributed by atoms with Gasteiger partial charge in [-0.05, 0) is 53.6 Å². The number of hydrogen-bond acceptors (Lipinski definition) is 4. The number of anilines is 2. The van der Waals surface area contributed by atoms with Crippen LogP contribution >= 0.6 is 0 Å². The zero-order chi connectivity index (χ0) is 34.8. The predicted molar refractivity (Wildman–Crippen MR) is 154 cm³/mol. The normalized spacial score (nSPS) is 12.5. The Morgan fingerprint density at radius 2 is 1.26 bits per heavy atom. The lowest BCUT2D eigenvalue weighted by Gasteiger charge is -2.23. The van der Waals surface area contributed by atoms with Crippen molar-refractivity contribution < 1.29 is 57.5 Å². The molecule has 0 radical (unpaired) electrons. The minimum atomic E-state index is -5.20. The molecule has 0 aliphatic rings. The van der Waals surface area contributed by atoms with Crippen LogP contribution < -0.4 is 14.4 Å². The lowest BCUT2D eigenvalue weighted by atomic mass is 10.0. The second-order valence-electron chi connectivity index (χ2n) is 10.1. The largest absolute Gasteiger partial charge is 0.487 e. The standard InChI is InChI=1S/C31H23F9N2O4S/c1-42(47(44,45)18-20-5-3-2-4-6-20)26-12-11-25(16-27(26)46-17-19-7-9-22(10-8-19)29(32,33)34)41-28(43)21-13-23(30(35,36)37)15-24(14-21)31(38,39)40/h2-16H,17-18H2,1H3,(H,41,43). The van der Waals surface area contributed by atoms with Gasteiger partial charge >= 0.3 is 18.5 Å². The zero-order valence-corrected chi connectivity index (χ0v) is 24.8. The average Bonchev–Trinajstić information content (AvgIpc) is 2.98. The van der Waals surface area contributed by atoms with Gasteiger partial charge < -0.3 is 10.1 Å². The van der Waals surface area contributed by atoms with Crippen LogP contribution in [0, 0.1) is 0 Å². The van der Waals surface area contributed by atoms with Gasteiger partial charge in [-0.25, -0.2) is 8.42 Å². The monoisotopic (exact) mass is 690 g/mol. The molecule has 0 aliphatic heterocycles. The zero-order valence-electron chi connectivity index (χ0n) is 24.0. The molecule has 0 aliphatic carbocycles. The fourth-order valence-corrected chi connectivity index (χ4v) is 5.50. The van der Waals surface area contributed by atoms with E-state index in [1.165, 1.54) is 13.1 Å². The second-order valence-corrected chi connectivity index (χ2v) is 12.1. The van der Waals surface area contributed by atoms with E-state index < -0.39 is 69.1 Å². The van der Waals surface area contributed by atoms with E-state index >= 15 is 0 Å². The highest BCUT2D eigenvalue weighted by atomic mass is 32.2. The van der Waals surface area contributed by atoms with Crippen LogP contribution in [0.3, 0.4) is 0 Å². The Morgan fingerprint density at radius 1 is 0.702 bits per heavy atom. The summed E-state index contributed by atoms with van der Waals surface area (Å²) in [6.45, 7) is -0.391. The molecule has 4 aromatic carbocycles. The topological polar surface area (TPSA) is 75.7 Å². The van der Waals surface area contributed by atoms with Crippen molar-refractivity contribution >= 4 is 27.3 Å². The first-order valence-electron chi connectivity index (χ1n) is 13.3. The van der Waals surface area contributed by atoms with Gasteiger partial charge in [-0.2, -0.15) is 39.5 Å². The highest BCUT2D eigenvalue weighted by Gasteiger charge is 2.37. The molecular formula is C31H23F9N2O4S. The van der Waals surface area contributed by atoms with Crippen LogP contribution in [0.1, 0.15) is 38.2 Å². The summed E-state index contributed by atoms with van der Waals surface area (Å²) in [5.41, 5.74) is -4.94. The van der Waals surface area contributed by atoms with Crippen LogP contribution in [0.4, 0.5) is 50.9 Å². The lowest BCUT2D eigenvalue weighted by Crippen LogP contribution is -2.28. The van der Waals surface area contributed by atoms with Crippen LogP contribution in [-0.4, -0.2) is 21.4 Å². The van der Waals surface area contributed by atoms with Gasteiger partial charge in [0.1, 0.15) is 12.4 Å². The van der Waals surface area contributed by atoms with Crippen molar-refractivity contribution in [1.29, 1.82) is 0 Å². The van der Waals surface area contributed by atoms with Gasteiger partial charge in [0.05, 0.1) is 28.1 Å². The number of nitrogens with zero attached hydrogens (tertiary/aromatic N) is 1. The van der Waals surface area contributed by atoms with E-state index in [9.17, 15) is 52.7 Å². The molecule has 6 nitrogen and oxygen atoms in total. The molecule has 0 spiro atoms. The molecule has 0 saturated heterocycles. The molecule has 4 rings (SSSR count). The summed E-state index contributed by atoms with van der Waals surface area (Å²) in [5, 5.41) is 2.18. The van der Waals surface area contributed by atoms with Gasteiger partial charge in [-0.1, -0.05) is 42.5 Å². The molecule has 0 fully saturated rings. The van der Waals surface area contributed by atoms with Crippen LogP contribution in [0.2, 0.25) is 0 Å². The Morgan fingerprint density at radius 3 is 1.79 bits per heavy atom. The lowest BCUT2D eigenvalue weighted by molar-refractivity contribution is -0.143. The Balaban J connectivity index is 1.68. The van der Waals surface area contributed by atoms with Crippen molar-refractivity contribution in [1.82, 2.24) is 0 Å². The smallest absolute Gasteiger partial charge is 0.416 e. The third kappa shape index (κ3) is 8.96. The molecule has 0 saturated carbocycles. The average molecular weight is 691 g/mol. The van der Waals surface area contributed by atoms with E-state index in [0.717, 1.165) is 40.7 Å². The van der Waals surface area contributed by atoms with Gasteiger partial charge in [0.15, 0.2) is 0 Å². The Labute approximate surface area is 262 Å². The number of sulfonamides is 1. The summed E-state index contributed by atoms with van der Waals surface area (Å²) in [7, 11) is -2.89. The molecule has 0 bridgehead atoms. The number of alkyl halides is 9. The van der Waals surface area contributed by atoms with Crippen LogP contribution in [-0.2, 0) is 40.9 Å². The first-order valence-corrected chi connectivity index (χ1v) is 14.9. The van der Waals surface area contributed by atoms with Crippen molar-refractivity contribution in [2.24, 2.45) is 0 Å². The van der Waals surface area contributed by atoms with Crippen LogP contribution in [0.15, 0.2) is 91.0 Å². The number of nitrogens with one attached hydrogen (secondary N) is 1. The quantitative estimate of drug-likeness (QED) is 0.179. The summed E-state index contributed by atoms with van der Waals surface area (Å²) in [5.74, 6) is -2.03. The van der Waals surface area contributed by atoms with E-state index in [-0.39, 0.29) is 40.9 Å². The van der Waals surface area contributed by atoms with Crippen molar-refractivity contribution in [3.8, 4) is 5.75 Å². The molecule has 16 heteroatoms. The number of halogens is 9. The summed E-state index contributed by atoms with van der Waals surface area (Å²) in [6, 6.07) is 15.7. The van der Waals surface area contributed by atoms with Crippen molar-refractivity contribution in [2.45, 2.75) is 30.9 Å². The van der Waals surface area contributed by atoms with Crippen LogP contribution in [0.5, 0.6) is 5.75 Å². The first-order chi connectivity index (χ1) is 21.7. The Bertz CT molecular complexity index is 1810. The summed E-state index contributed by atoms with van der Waals surface area (Å²) < 4.78 is 152. The predicted octanol–water partition coefficient (Wildman–Crippen LogP) is 8.54. The number of amides is 1. The number of ether oxygens (including phenoxy) is 1. The van der Waals surface area contributed by atoms with Gasteiger partial charge in [-0.3, -0.25) is 9.10 Å². The van der Waals surface area contributed by atoms with E-state index in [1.807, 2.05) is 0 Å². The molecule has 4 aromatic rings. The van der Waals surface area contributed by atoms with Gasteiger partial charge in [0.25, 0.3) is 5.91 Å². The fourth-order valence-electron chi connectivity index (χ4n) is 4.24. The maximum absolute atomic E-state index is 13.3. The van der Waals surface area contributed by atoms with Gasteiger partial charge in [0.2, 0.25) is 10.0 Å². The highest BCUT2D eigenvalue weighted by Crippen LogP contribution is 2.38. The van der Waals surface area contributed by atoms with E-state index in [2.05, 4.69) is 5.32 Å². The highest BCUT2D eigenvalue weighted by molar-refractivity contribution is 7.92. The molecule has 0 atom stereocenters. The van der Waals surface area contributed by atoms with Crippen molar-refractivity contribution in [3.05, 3.63) is 124 Å². The summed E-state index contributed by atoms with van der Waals surface area (Å²) in [4.78, 5) is 12.9. The van der Waals surface area contributed by atoms with Crippen molar-refractivity contribution in [2.75, 3.05) is 16.7 Å². The number of carbonyl (C=O) groups excluding carboxylic acids is 1. The molecule has 0 heterocycles. The number of benzene rings is 4. The first kappa shape index (κ1) is 35.1. The second kappa shape index (κ2) is 13.2. The SMILES string of the molecule is CN(c1ccc(NC(=O)c2cc(C(F)(F)F)cc(C(F)(F)F)c2)cc1OCc1ccc(C(F)(F)F)cc1)S(=O)(=O)Cc1ccccc1. The molecular weight excluding hydrogens is 667 g/mol. The molecule has 1 N–H and O–H groups in total. The Hall–Kier alpha value is -4.73. The molecule has 250 valence electrons. The molecule has 47 heavy (non-hydrogen) atoms. The summed E-state index contributed by atoms with van der Waals surface area (Å²) in [6.07, 6.45) is -15.0. The number of rotatable bonds is 9. The van der Waals surface area contributed by atoms with Gasteiger partial charge in [0, 0.05) is 24.4 Å². The summed E-state index contributed by atoms with van der Waals surface area (Å²) >= 11 is 0. The third-order valence-corrected chi connectivity index (χ3v) is 8.42. The Kier molecular flexibility index (Phi) is 9.85. The van der Waals surface area contributed by atoms with Gasteiger partial charge in [-0.15, -0.1) is 0 Å². The molecule has 1 amide bonds. The maximum Gasteiger partial charge on any atom is 0.416 e. The minimum Gasteiger partial charge on any atom is -0.487 e. The van der Waals surface area contributed by atoms with E-state index in [0.29, 0.717) is 5.56 Å². The number of carbonyl (C=O) groups is 1. The fraction of sp³-hybridized carbons (Fsp3) is 0.194. The van der Waals surface area contributed by atoms with Crippen LogP contribution in [0.25, 0.3) is 0 Å². The minimum absolute atomic E-state index is 0.0933. The molecule has 0 aromatic heterocycles.